The van der Waals surface area contributed by atoms with Gasteiger partial charge in [-0.3, -0.25) is 0 Å². The smallest absolute Gasteiger partial charge is 0.244 e. The second-order valence-corrected chi connectivity index (χ2v) is 6.27. The van der Waals surface area contributed by atoms with Crippen LogP contribution in [-0.4, -0.2) is 33.3 Å². The number of nitrogens with one attached hydrogen (secondary N) is 1. The van der Waals surface area contributed by atoms with Gasteiger partial charge in [0.1, 0.15) is 10.6 Å². The molecule has 1 atom stereocenters. The summed E-state index contributed by atoms with van der Waals surface area (Å²) in [5.74, 6) is 0.175. The van der Waals surface area contributed by atoms with E-state index >= 15 is 0 Å². The van der Waals surface area contributed by atoms with Crippen LogP contribution in [0.2, 0.25) is 0 Å². The lowest BCUT2D eigenvalue weighted by Crippen LogP contribution is -2.35. The van der Waals surface area contributed by atoms with Crippen molar-refractivity contribution in [2.45, 2.75) is 17.9 Å². The molecule has 0 bridgehead atoms. The molecule has 0 radical (unpaired) electrons. The second kappa shape index (κ2) is 5.87. The van der Waals surface area contributed by atoms with Gasteiger partial charge in [-0.15, -0.1) is 0 Å². The molecule has 6 nitrogen and oxygen atoms in total. The minimum atomic E-state index is -3.79. The molecule has 0 saturated carbocycles. The predicted octanol–water partition coefficient (Wildman–Crippen LogP) is 0.699. The zero-order valence-corrected chi connectivity index (χ0v) is 12.4. The number of methoxy groups -OCH3 is 1. The molecule has 0 aliphatic carbocycles. The lowest BCUT2D eigenvalue weighted by molar-refractivity contribution is 0.265. The average molecular weight is 339 g/mol. The number of nitrogens with two attached hydrogens (primary N) is 1. The van der Waals surface area contributed by atoms with Gasteiger partial charge < -0.3 is 15.6 Å². The van der Waals surface area contributed by atoms with Crippen molar-refractivity contribution < 1.29 is 18.3 Å². The molecule has 0 amide bonds. The molecule has 0 fully saturated rings. The molecule has 18 heavy (non-hydrogen) atoms. The van der Waals surface area contributed by atoms with Crippen LogP contribution in [-0.2, 0) is 10.0 Å². The lowest BCUT2D eigenvalue weighted by Gasteiger charge is -2.15. The normalized spacial score (nSPS) is 13.3. The number of sulfonamides is 1. The molecule has 0 aliphatic rings. The van der Waals surface area contributed by atoms with Crippen molar-refractivity contribution in [3.8, 4) is 5.75 Å². The van der Waals surface area contributed by atoms with Crippen molar-refractivity contribution in [2.24, 2.45) is 0 Å². The summed E-state index contributed by atoms with van der Waals surface area (Å²) >= 11 is 3.19. The Bertz CT molecular complexity index is 533. The number of hydrogen-bond donors (Lipinski definition) is 3. The third kappa shape index (κ3) is 3.35. The van der Waals surface area contributed by atoms with Gasteiger partial charge in [0.25, 0.3) is 0 Å². The Morgan fingerprint density at radius 2 is 2.17 bits per heavy atom. The van der Waals surface area contributed by atoms with Gasteiger partial charge in [-0.25, -0.2) is 13.1 Å². The van der Waals surface area contributed by atoms with E-state index in [4.69, 9.17) is 15.6 Å². The maximum absolute atomic E-state index is 12.1. The Morgan fingerprint density at radius 1 is 1.56 bits per heavy atom. The van der Waals surface area contributed by atoms with E-state index < -0.39 is 16.1 Å². The quantitative estimate of drug-likeness (QED) is 0.686. The molecule has 1 rings (SSSR count). The number of nitrogen functional groups attached to an aromatic ring is 1. The van der Waals surface area contributed by atoms with E-state index in [9.17, 15) is 8.42 Å². The molecule has 1 aromatic rings. The summed E-state index contributed by atoms with van der Waals surface area (Å²) in [7, 11) is -2.42. The Balaban J connectivity index is 3.27. The number of halogens is 1. The first kappa shape index (κ1) is 15.2. The minimum absolute atomic E-state index is 0.0639. The highest BCUT2D eigenvalue weighted by molar-refractivity contribution is 9.10. The van der Waals surface area contributed by atoms with E-state index in [1.165, 1.54) is 19.2 Å². The van der Waals surface area contributed by atoms with Gasteiger partial charge in [0.05, 0.1) is 13.7 Å². The molecule has 102 valence electrons. The lowest BCUT2D eigenvalue weighted by atomic mass is 10.3. The Labute approximate surface area is 114 Å². The van der Waals surface area contributed by atoms with Gasteiger partial charge >= 0.3 is 0 Å². The van der Waals surface area contributed by atoms with Crippen LogP contribution in [0.5, 0.6) is 5.75 Å². The van der Waals surface area contributed by atoms with Gasteiger partial charge in [-0.2, -0.15) is 0 Å². The van der Waals surface area contributed by atoms with E-state index in [-0.39, 0.29) is 22.9 Å². The molecule has 0 saturated heterocycles. The molecule has 8 heteroatoms. The fourth-order valence-electron chi connectivity index (χ4n) is 1.29. The second-order valence-electron chi connectivity index (χ2n) is 3.73. The SMILES string of the molecule is COc1cc(Br)c(N)cc1S(=O)(=O)NC(C)CO. The molecule has 1 aromatic carbocycles. The van der Waals surface area contributed by atoms with Crippen molar-refractivity contribution >= 4 is 31.6 Å². The molecule has 0 spiro atoms. The first-order valence-corrected chi connectivity index (χ1v) is 7.35. The fourth-order valence-corrected chi connectivity index (χ4v) is 3.03. The zero-order valence-electron chi connectivity index (χ0n) is 9.97. The van der Waals surface area contributed by atoms with Crippen LogP contribution in [0.25, 0.3) is 0 Å². The van der Waals surface area contributed by atoms with E-state index in [2.05, 4.69) is 20.7 Å². The summed E-state index contributed by atoms with van der Waals surface area (Å²) < 4.78 is 32.0. The number of anilines is 1. The van der Waals surface area contributed by atoms with E-state index in [0.29, 0.717) is 4.47 Å². The number of aliphatic hydroxyl groups is 1. The molecular formula is C10H15BrN2O4S. The van der Waals surface area contributed by atoms with Crippen LogP contribution in [0.15, 0.2) is 21.5 Å². The molecule has 1 unspecified atom stereocenters. The van der Waals surface area contributed by atoms with Gasteiger partial charge in [0.15, 0.2) is 0 Å². The maximum Gasteiger partial charge on any atom is 0.244 e. The molecule has 0 aliphatic heterocycles. The Kier molecular flexibility index (Phi) is 4.97. The molecule has 4 N–H and O–H groups in total. The topological polar surface area (TPSA) is 102 Å². The van der Waals surface area contributed by atoms with E-state index in [0.717, 1.165) is 0 Å². The molecule has 0 heterocycles. The van der Waals surface area contributed by atoms with Gasteiger partial charge in [-0.05, 0) is 35.0 Å². The Hall–Kier alpha value is -0.830. The number of benzene rings is 1. The van der Waals surface area contributed by atoms with Crippen LogP contribution in [0.1, 0.15) is 6.92 Å². The van der Waals surface area contributed by atoms with Crippen molar-refractivity contribution in [3.63, 3.8) is 0 Å². The van der Waals surface area contributed by atoms with Gasteiger partial charge in [0, 0.05) is 16.2 Å². The predicted molar refractivity (Wildman–Crippen MR) is 72.0 cm³/mol. The van der Waals surface area contributed by atoms with Crippen molar-refractivity contribution in [1.29, 1.82) is 0 Å². The first-order valence-electron chi connectivity index (χ1n) is 5.08. The monoisotopic (exact) mass is 338 g/mol. The number of hydrogen-bond acceptors (Lipinski definition) is 5. The summed E-state index contributed by atoms with van der Waals surface area (Å²) in [5, 5.41) is 8.88. The van der Waals surface area contributed by atoms with Crippen molar-refractivity contribution in [1.82, 2.24) is 4.72 Å². The largest absolute Gasteiger partial charge is 0.495 e. The fraction of sp³-hybridized carbons (Fsp3) is 0.400. The summed E-state index contributed by atoms with van der Waals surface area (Å²) in [4.78, 5) is -0.0639. The van der Waals surface area contributed by atoms with Crippen molar-refractivity contribution in [3.05, 3.63) is 16.6 Å². The number of ether oxygens (including phenoxy) is 1. The Morgan fingerprint density at radius 3 is 2.67 bits per heavy atom. The van der Waals surface area contributed by atoms with E-state index in [1.54, 1.807) is 6.92 Å². The third-order valence-corrected chi connectivity index (χ3v) is 4.50. The van der Waals surface area contributed by atoms with Gasteiger partial charge in [0.2, 0.25) is 10.0 Å². The first-order chi connectivity index (χ1) is 8.31. The molecule has 0 aromatic heterocycles. The number of aliphatic hydroxyl groups excluding tert-OH is 1. The number of rotatable bonds is 5. The summed E-state index contributed by atoms with van der Waals surface area (Å²) in [6.45, 7) is 1.25. The van der Waals surface area contributed by atoms with Crippen LogP contribution in [0.4, 0.5) is 5.69 Å². The minimum Gasteiger partial charge on any atom is -0.495 e. The highest BCUT2D eigenvalue weighted by Gasteiger charge is 2.22. The van der Waals surface area contributed by atoms with Crippen molar-refractivity contribution in [2.75, 3.05) is 19.5 Å². The third-order valence-electron chi connectivity index (χ3n) is 2.20. The molecular weight excluding hydrogens is 324 g/mol. The van der Waals surface area contributed by atoms with Gasteiger partial charge in [-0.1, -0.05) is 0 Å². The highest BCUT2D eigenvalue weighted by Crippen LogP contribution is 2.32. The summed E-state index contributed by atoms with van der Waals surface area (Å²) in [6, 6.07) is 2.19. The van der Waals surface area contributed by atoms with Crippen LogP contribution >= 0.6 is 15.9 Å². The van der Waals surface area contributed by atoms with Crippen LogP contribution in [0.3, 0.4) is 0 Å². The average Bonchev–Trinajstić information content (AvgIpc) is 2.31. The zero-order chi connectivity index (χ0) is 13.9. The van der Waals surface area contributed by atoms with Crippen LogP contribution in [0, 0.1) is 0 Å². The van der Waals surface area contributed by atoms with Crippen LogP contribution < -0.4 is 15.2 Å². The summed E-state index contributed by atoms with van der Waals surface area (Å²) in [5.41, 5.74) is 5.95. The standard InChI is InChI=1S/C10H15BrN2O4S/c1-6(5-14)13-18(15,16)10-4-8(12)7(11)3-9(10)17-2/h3-4,6,13-14H,5,12H2,1-2H3. The van der Waals surface area contributed by atoms with E-state index in [1.807, 2.05) is 0 Å². The maximum atomic E-state index is 12.1. The summed E-state index contributed by atoms with van der Waals surface area (Å²) in [6.07, 6.45) is 0. The highest BCUT2D eigenvalue weighted by atomic mass is 79.9.